The van der Waals surface area contributed by atoms with Gasteiger partial charge in [-0.05, 0) is 40.4 Å². The van der Waals surface area contributed by atoms with Crippen molar-refractivity contribution in [1.82, 2.24) is 20.9 Å². The van der Waals surface area contributed by atoms with E-state index in [0.29, 0.717) is 19.6 Å². The third kappa shape index (κ3) is 6.95. The number of carbonyl (C=O) groups is 5. The van der Waals surface area contributed by atoms with Gasteiger partial charge in [-0.2, -0.15) is 0 Å². The molecule has 226 valence electrons. The van der Waals surface area contributed by atoms with Gasteiger partial charge in [-0.15, -0.1) is 0 Å². The third-order valence-electron chi connectivity index (χ3n) is 8.97. The second kappa shape index (κ2) is 11.3. The Kier molecular flexibility index (Phi) is 8.99. The van der Waals surface area contributed by atoms with Crippen LogP contribution < -0.4 is 21.7 Å². The van der Waals surface area contributed by atoms with Crippen LogP contribution in [0.1, 0.15) is 74.7 Å². The number of hydrogen-bond acceptors (Lipinski definition) is 6. The molecule has 0 aromatic heterocycles. The molecule has 40 heavy (non-hydrogen) atoms. The Balaban J connectivity index is 1.82. The SMILES string of the molecule is COC[C@@H](NC(=O)N[C@H](C(=O)N1C[C@H]2[C@@H]([C@H]1C(=O)NC(CC1CC1)C(=O)C(N)=O)C2(C)C)C(C)(C)C)C(C)(C)C. The molecule has 1 unspecified atom stereocenters. The summed E-state index contributed by atoms with van der Waals surface area (Å²) in [5.74, 6) is -2.44. The maximum absolute atomic E-state index is 14.1. The van der Waals surface area contributed by atoms with Crippen LogP contribution >= 0.6 is 0 Å². The molecular weight excluding hydrogens is 514 g/mol. The highest BCUT2D eigenvalue weighted by Gasteiger charge is 2.70. The summed E-state index contributed by atoms with van der Waals surface area (Å²) in [4.78, 5) is 66.7. The van der Waals surface area contributed by atoms with Crippen LogP contribution in [0.2, 0.25) is 0 Å². The average molecular weight is 564 g/mol. The van der Waals surface area contributed by atoms with Crippen LogP contribution in [0.5, 0.6) is 0 Å². The van der Waals surface area contributed by atoms with Crippen LogP contribution in [0.15, 0.2) is 0 Å². The van der Waals surface area contributed by atoms with Crippen molar-refractivity contribution in [3.63, 3.8) is 0 Å². The summed E-state index contributed by atoms with van der Waals surface area (Å²) in [7, 11) is 1.57. The Morgan fingerprint density at radius 2 is 1.57 bits per heavy atom. The number of piperidine rings is 1. The number of amides is 5. The van der Waals surface area contributed by atoms with Crippen LogP contribution in [0.25, 0.3) is 0 Å². The van der Waals surface area contributed by atoms with Gasteiger partial charge >= 0.3 is 6.03 Å². The number of nitrogens with one attached hydrogen (secondary N) is 3. The quantitative estimate of drug-likeness (QED) is 0.279. The molecule has 0 spiro atoms. The fraction of sp³-hybridized carbons (Fsp3) is 0.828. The molecule has 1 heterocycles. The highest BCUT2D eigenvalue weighted by Crippen LogP contribution is 2.65. The number of methoxy groups -OCH3 is 1. The van der Waals surface area contributed by atoms with Crippen molar-refractivity contribution in [2.24, 2.45) is 39.7 Å². The van der Waals surface area contributed by atoms with Crippen molar-refractivity contribution in [2.45, 2.75) is 98.8 Å². The molecule has 1 aliphatic heterocycles. The third-order valence-corrected chi connectivity index (χ3v) is 8.97. The molecule has 2 aliphatic carbocycles. The number of urea groups is 1. The lowest BCUT2D eigenvalue weighted by Gasteiger charge is -2.38. The smallest absolute Gasteiger partial charge is 0.315 e. The van der Waals surface area contributed by atoms with Crippen molar-refractivity contribution in [2.75, 3.05) is 20.3 Å². The molecule has 3 rings (SSSR count). The van der Waals surface area contributed by atoms with Gasteiger partial charge in [-0.25, -0.2) is 4.79 Å². The number of rotatable bonds is 11. The zero-order valence-corrected chi connectivity index (χ0v) is 25.6. The first-order chi connectivity index (χ1) is 18.3. The highest BCUT2D eigenvalue weighted by molar-refractivity contribution is 6.37. The van der Waals surface area contributed by atoms with Crippen molar-refractivity contribution >= 4 is 29.5 Å². The van der Waals surface area contributed by atoms with Crippen molar-refractivity contribution in [3.05, 3.63) is 0 Å². The number of Topliss-reactive ketones (excluding diaryl/α,β-unsaturated/α-hetero) is 1. The van der Waals surface area contributed by atoms with Gasteiger partial charge in [0.25, 0.3) is 5.91 Å². The van der Waals surface area contributed by atoms with E-state index >= 15 is 0 Å². The van der Waals surface area contributed by atoms with E-state index in [1.807, 2.05) is 41.5 Å². The number of hydrogen-bond donors (Lipinski definition) is 4. The van der Waals surface area contributed by atoms with E-state index in [0.717, 1.165) is 12.8 Å². The van der Waals surface area contributed by atoms with E-state index in [9.17, 15) is 24.0 Å². The van der Waals surface area contributed by atoms with E-state index < -0.39 is 47.2 Å². The van der Waals surface area contributed by atoms with Crippen molar-refractivity contribution in [3.8, 4) is 0 Å². The number of carbonyl (C=O) groups excluding carboxylic acids is 5. The summed E-state index contributed by atoms with van der Waals surface area (Å²) in [5, 5.41) is 8.58. The largest absolute Gasteiger partial charge is 0.383 e. The minimum Gasteiger partial charge on any atom is -0.383 e. The number of primary amides is 1. The molecule has 11 nitrogen and oxygen atoms in total. The molecule has 5 N–H and O–H groups in total. The Hall–Kier alpha value is -2.69. The van der Waals surface area contributed by atoms with Gasteiger partial charge in [0.05, 0.1) is 18.7 Å². The predicted octanol–water partition coefficient (Wildman–Crippen LogP) is 1.58. The monoisotopic (exact) mass is 563 g/mol. The molecule has 0 radical (unpaired) electrons. The number of fused-ring (bicyclic) bond motifs is 1. The van der Waals surface area contributed by atoms with Gasteiger partial charge in [0.1, 0.15) is 12.1 Å². The summed E-state index contributed by atoms with van der Waals surface area (Å²) in [6.45, 7) is 16.4. The molecule has 3 fully saturated rings. The van der Waals surface area contributed by atoms with Crippen molar-refractivity contribution in [1.29, 1.82) is 0 Å². The molecule has 0 aromatic rings. The van der Waals surface area contributed by atoms with E-state index in [1.54, 1.807) is 12.0 Å². The lowest BCUT2D eigenvalue weighted by Crippen LogP contribution is -2.62. The standard InChI is InChI=1S/C29H49N5O6/c1-27(2,3)18(14-40-9)32-26(39)33-22(28(4,5)6)25(38)34-13-16-19(29(16,7)8)20(34)24(37)31-17(12-15-10-11-15)21(35)23(30)36/h15-20,22H,10-14H2,1-9H3,(H2,30,36)(H,31,37)(H2,32,33,39)/t16-,17?,18+,19-,20-,22+/m0/s1. The lowest BCUT2D eigenvalue weighted by molar-refractivity contribution is -0.145. The van der Waals surface area contributed by atoms with Crippen molar-refractivity contribution < 1.29 is 28.7 Å². The van der Waals surface area contributed by atoms with E-state index in [2.05, 4.69) is 29.8 Å². The zero-order chi connectivity index (χ0) is 30.4. The van der Waals surface area contributed by atoms with E-state index in [1.165, 1.54) is 0 Å². The molecular formula is C29H49N5O6. The van der Waals surface area contributed by atoms with Crippen LogP contribution in [0.4, 0.5) is 4.79 Å². The Morgan fingerprint density at radius 1 is 0.975 bits per heavy atom. The highest BCUT2D eigenvalue weighted by atomic mass is 16.5. The Labute approximate surface area is 238 Å². The molecule has 1 saturated heterocycles. The van der Waals surface area contributed by atoms with Crippen LogP contribution in [0, 0.1) is 34.0 Å². The molecule has 0 aromatic carbocycles. The second-order valence-corrected chi connectivity index (χ2v) is 14.6. The molecule has 2 saturated carbocycles. The summed E-state index contributed by atoms with van der Waals surface area (Å²) < 4.78 is 5.28. The summed E-state index contributed by atoms with van der Waals surface area (Å²) in [6.07, 6.45) is 2.23. The predicted molar refractivity (Wildman–Crippen MR) is 150 cm³/mol. The van der Waals surface area contributed by atoms with Crippen LogP contribution in [-0.4, -0.2) is 78.9 Å². The fourth-order valence-corrected chi connectivity index (χ4v) is 5.98. The van der Waals surface area contributed by atoms with Gasteiger partial charge in [0.2, 0.25) is 17.6 Å². The number of ketones is 1. The van der Waals surface area contributed by atoms with Gasteiger partial charge in [0.15, 0.2) is 0 Å². The van der Waals surface area contributed by atoms with Gasteiger partial charge in [0, 0.05) is 13.7 Å². The normalized spacial score (nSPS) is 25.7. The first-order valence-electron chi connectivity index (χ1n) is 14.3. The first-order valence-corrected chi connectivity index (χ1v) is 14.3. The molecule has 6 atom stereocenters. The van der Waals surface area contributed by atoms with Crippen LogP contribution in [0.3, 0.4) is 0 Å². The van der Waals surface area contributed by atoms with Gasteiger partial charge < -0.3 is 31.3 Å². The second-order valence-electron chi connectivity index (χ2n) is 14.6. The zero-order valence-electron chi connectivity index (χ0n) is 25.6. The molecule has 0 bridgehead atoms. The molecule has 5 amide bonds. The summed E-state index contributed by atoms with van der Waals surface area (Å²) in [6, 6.07) is -3.53. The van der Waals surface area contributed by atoms with E-state index in [-0.39, 0.29) is 40.5 Å². The number of likely N-dealkylation sites (tertiary alicyclic amines) is 1. The van der Waals surface area contributed by atoms with Crippen LogP contribution in [-0.2, 0) is 23.9 Å². The maximum atomic E-state index is 14.1. The lowest BCUT2D eigenvalue weighted by atomic mass is 9.85. The average Bonchev–Trinajstić information content (AvgIpc) is 3.67. The van der Waals surface area contributed by atoms with Gasteiger partial charge in [-0.1, -0.05) is 68.2 Å². The minimum absolute atomic E-state index is 0.0943. The topological polar surface area (TPSA) is 160 Å². The van der Waals surface area contributed by atoms with E-state index in [4.69, 9.17) is 10.5 Å². The molecule has 3 aliphatic rings. The fourth-order valence-electron chi connectivity index (χ4n) is 5.98. The number of ether oxygens (including phenoxy) is 1. The number of nitrogens with zero attached hydrogens (tertiary/aromatic N) is 1. The maximum Gasteiger partial charge on any atom is 0.315 e. The molecule has 11 heteroatoms. The number of nitrogens with two attached hydrogens (primary N) is 1. The Bertz CT molecular complexity index is 1020. The summed E-state index contributed by atoms with van der Waals surface area (Å²) >= 11 is 0. The first kappa shape index (κ1) is 31.8. The summed E-state index contributed by atoms with van der Waals surface area (Å²) in [5.41, 5.74) is 4.18. The Morgan fingerprint density at radius 3 is 2.05 bits per heavy atom. The van der Waals surface area contributed by atoms with Gasteiger partial charge in [-0.3, -0.25) is 19.2 Å². The minimum atomic E-state index is -1.08.